The molecule has 1 aliphatic heterocycles. The van der Waals surface area contributed by atoms with Crippen LogP contribution in [-0.4, -0.2) is 6.79 Å². The lowest BCUT2D eigenvalue weighted by atomic mass is 10.2. The molecule has 4 nitrogen and oxygen atoms in total. The van der Waals surface area contributed by atoms with E-state index in [4.69, 9.17) is 15.2 Å². The van der Waals surface area contributed by atoms with Crippen molar-refractivity contribution < 1.29 is 18.3 Å². The maximum absolute atomic E-state index is 13.6. The highest BCUT2D eigenvalue weighted by Gasteiger charge is 2.14. The molecule has 0 aliphatic carbocycles. The number of rotatable bonds is 3. The van der Waals surface area contributed by atoms with Crippen molar-refractivity contribution in [3.8, 4) is 11.5 Å². The minimum atomic E-state index is -0.981. The summed E-state index contributed by atoms with van der Waals surface area (Å²) in [5, 5.41) is 2.79. The third kappa shape index (κ3) is 2.20. The molecule has 0 fully saturated rings. The van der Waals surface area contributed by atoms with Crippen LogP contribution in [0, 0.1) is 11.6 Å². The van der Waals surface area contributed by atoms with Crippen LogP contribution in [-0.2, 0) is 6.54 Å². The van der Waals surface area contributed by atoms with Gasteiger partial charge in [0.1, 0.15) is 0 Å². The van der Waals surface area contributed by atoms with Crippen molar-refractivity contribution in [3.05, 3.63) is 47.5 Å². The maximum atomic E-state index is 13.6. The first kappa shape index (κ1) is 12.5. The first-order chi connectivity index (χ1) is 9.65. The smallest absolute Gasteiger partial charge is 0.231 e. The van der Waals surface area contributed by atoms with Gasteiger partial charge in [0.25, 0.3) is 0 Å². The van der Waals surface area contributed by atoms with Crippen molar-refractivity contribution in [2.45, 2.75) is 6.54 Å². The molecular weight excluding hydrogens is 266 g/mol. The summed E-state index contributed by atoms with van der Waals surface area (Å²) in [4.78, 5) is 0. The van der Waals surface area contributed by atoms with E-state index >= 15 is 0 Å². The molecule has 0 saturated heterocycles. The Morgan fingerprint density at radius 2 is 1.90 bits per heavy atom. The Bertz CT molecular complexity index is 662. The molecular formula is C14H12F2N2O2. The Hall–Kier alpha value is -2.50. The molecule has 3 rings (SSSR count). The molecule has 3 N–H and O–H groups in total. The van der Waals surface area contributed by atoms with Crippen molar-refractivity contribution in [3.63, 3.8) is 0 Å². The number of benzene rings is 2. The fourth-order valence-electron chi connectivity index (χ4n) is 1.99. The van der Waals surface area contributed by atoms with Crippen LogP contribution >= 0.6 is 0 Å². The van der Waals surface area contributed by atoms with Crippen LogP contribution in [0.15, 0.2) is 30.3 Å². The summed E-state index contributed by atoms with van der Waals surface area (Å²) in [5.74, 6) is -0.611. The van der Waals surface area contributed by atoms with Gasteiger partial charge in [0.05, 0.1) is 11.4 Å². The van der Waals surface area contributed by atoms with Crippen molar-refractivity contribution in [1.82, 2.24) is 0 Å². The number of nitrogen functional groups attached to an aromatic ring is 1. The highest BCUT2D eigenvalue weighted by atomic mass is 19.2. The molecule has 104 valence electrons. The first-order valence-corrected chi connectivity index (χ1v) is 6.01. The second-order valence-electron chi connectivity index (χ2n) is 4.37. The van der Waals surface area contributed by atoms with Crippen LogP contribution < -0.4 is 20.5 Å². The summed E-state index contributed by atoms with van der Waals surface area (Å²) in [5.41, 5.74) is 6.59. The normalized spacial score (nSPS) is 12.5. The lowest BCUT2D eigenvalue weighted by Crippen LogP contribution is -2.06. The standard InChI is InChI=1S/C14H12F2N2O2/c15-9-2-3-10(17)14(13(9)16)18-6-8-1-4-11-12(5-8)20-7-19-11/h1-5,18H,6-7,17H2. The van der Waals surface area contributed by atoms with E-state index in [0.29, 0.717) is 18.0 Å². The van der Waals surface area contributed by atoms with Crippen LogP contribution in [0.2, 0.25) is 0 Å². The molecule has 20 heavy (non-hydrogen) atoms. The van der Waals surface area contributed by atoms with E-state index in [1.807, 2.05) is 6.07 Å². The molecule has 6 heteroatoms. The molecule has 0 aromatic heterocycles. The van der Waals surface area contributed by atoms with E-state index in [0.717, 1.165) is 11.6 Å². The quantitative estimate of drug-likeness (QED) is 0.848. The number of hydrogen-bond donors (Lipinski definition) is 2. The summed E-state index contributed by atoms with van der Waals surface area (Å²) >= 11 is 0. The largest absolute Gasteiger partial charge is 0.454 e. The van der Waals surface area contributed by atoms with Gasteiger partial charge in [0.15, 0.2) is 23.1 Å². The van der Waals surface area contributed by atoms with Gasteiger partial charge in [-0.2, -0.15) is 0 Å². The van der Waals surface area contributed by atoms with E-state index in [2.05, 4.69) is 5.32 Å². The van der Waals surface area contributed by atoms with Crippen LogP contribution in [0.4, 0.5) is 20.2 Å². The minimum absolute atomic E-state index is 0.0392. The Labute approximate surface area is 114 Å². The Morgan fingerprint density at radius 1 is 1.10 bits per heavy atom. The highest BCUT2D eigenvalue weighted by molar-refractivity contribution is 5.67. The molecule has 2 aromatic rings. The average Bonchev–Trinajstić information content (AvgIpc) is 2.90. The summed E-state index contributed by atoms with van der Waals surface area (Å²) < 4.78 is 37.2. The monoisotopic (exact) mass is 278 g/mol. The molecule has 0 spiro atoms. The lowest BCUT2D eigenvalue weighted by molar-refractivity contribution is 0.174. The van der Waals surface area contributed by atoms with Crippen LogP contribution in [0.1, 0.15) is 5.56 Å². The number of nitrogens with two attached hydrogens (primary N) is 1. The van der Waals surface area contributed by atoms with Crippen molar-refractivity contribution in [1.29, 1.82) is 0 Å². The first-order valence-electron chi connectivity index (χ1n) is 6.01. The summed E-state index contributed by atoms with van der Waals surface area (Å²) in [6.07, 6.45) is 0. The lowest BCUT2D eigenvalue weighted by Gasteiger charge is -2.11. The third-order valence-electron chi connectivity index (χ3n) is 3.03. The average molecular weight is 278 g/mol. The van der Waals surface area contributed by atoms with Gasteiger partial charge in [0, 0.05) is 6.54 Å². The Balaban J connectivity index is 1.79. The number of nitrogens with one attached hydrogen (secondary N) is 1. The van der Waals surface area contributed by atoms with Gasteiger partial charge in [-0.3, -0.25) is 0 Å². The second kappa shape index (κ2) is 4.88. The van der Waals surface area contributed by atoms with Crippen LogP contribution in [0.25, 0.3) is 0 Å². The van der Waals surface area contributed by atoms with Gasteiger partial charge in [-0.25, -0.2) is 8.78 Å². The van der Waals surface area contributed by atoms with Gasteiger partial charge in [-0.1, -0.05) is 6.07 Å². The molecule has 0 bridgehead atoms. The van der Waals surface area contributed by atoms with Gasteiger partial charge >= 0.3 is 0 Å². The van der Waals surface area contributed by atoms with E-state index in [1.165, 1.54) is 6.07 Å². The van der Waals surface area contributed by atoms with Gasteiger partial charge in [-0.15, -0.1) is 0 Å². The Morgan fingerprint density at radius 3 is 2.75 bits per heavy atom. The van der Waals surface area contributed by atoms with Gasteiger partial charge in [0.2, 0.25) is 6.79 Å². The zero-order valence-electron chi connectivity index (χ0n) is 10.5. The van der Waals surface area contributed by atoms with Crippen LogP contribution in [0.3, 0.4) is 0 Å². The third-order valence-corrected chi connectivity index (χ3v) is 3.03. The number of anilines is 2. The second-order valence-corrected chi connectivity index (χ2v) is 4.37. The van der Waals surface area contributed by atoms with Crippen molar-refractivity contribution in [2.75, 3.05) is 17.8 Å². The molecule has 0 radical (unpaired) electrons. The SMILES string of the molecule is Nc1ccc(F)c(F)c1NCc1ccc2c(c1)OCO2. The van der Waals surface area contributed by atoms with Gasteiger partial charge < -0.3 is 20.5 Å². The number of fused-ring (bicyclic) bond motifs is 1. The molecule has 2 aromatic carbocycles. The topological polar surface area (TPSA) is 56.5 Å². The van der Waals surface area contributed by atoms with Crippen molar-refractivity contribution in [2.24, 2.45) is 0 Å². The van der Waals surface area contributed by atoms with E-state index in [-0.39, 0.29) is 18.2 Å². The number of ether oxygens (including phenoxy) is 2. The number of halogens is 2. The zero-order valence-corrected chi connectivity index (χ0v) is 10.5. The fourth-order valence-corrected chi connectivity index (χ4v) is 1.99. The molecule has 1 aliphatic rings. The van der Waals surface area contributed by atoms with Gasteiger partial charge in [-0.05, 0) is 29.8 Å². The predicted molar refractivity (Wildman–Crippen MR) is 70.7 cm³/mol. The molecule has 0 atom stereocenters. The molecule has 0 saturated carbocycles. The van der Waals surface area contributed by atoms with E-state index < -0.39 is 11.6 Å². The fraction of sp³-hybridized carbons (Fsp3) is 0.143. The Kier molecular flexibility index (Phi) is 3.06. The predicted octanol–water partition coefficient (Wildman–Crippen LogP) is 2.89. The van der Waals surface area contributed by atoms with Crippen molar-refractivity contribution >= 4 is 11.4 Å². The van der Waals surface area contributed by atoms with E-state index in [9.17, 15) is 8.78 Å². The minimum Gasteiger partial charge on any atom is -0.454 e. The molecule has 0 unspecified atom stereocenters. The number of hydrogen-bond acceptors (Lipinski definition) is 4. The highest BCUT2D eigenvalue weighted by Crippen LogP contribution is 2.33. The van der Waals surface area contributed by atoms with Crippen LogP contribution in [0.5, 0.6) is 11.5 Å². The molecule has 1 heterocycles. The zero-order chi connectivity index (χ0) is 14.1. The summed E-state index contributed by atoms with van der Waals surface area (Å²) in [7, 11) is 0. The molecule has 0 amide bonds. The maximum Gasteiger partial charge on any atom is 0.231 e. The summed E-state index contributed by atoms with van der Waals surface area (Å²) in [6, 6.07) is 7.68. The summed E-state index contributed by atoms with van der Waals surface area (Å²) in [6.45, 7) is 0.485. The van der Waals surface area contributed by atoms with E-state index in [1.54, 1.807) is 12.1 Å².